The maximum absolute atomic E-state index is 11.2. The Hall–Kier alpha value is -1.51. The largest absolute Gasteiger partial charge is 0.490 e. The maximum Gasteiger partial charge on any atom is 0.306 e. The zero-order valence-electron chi connectivity index (χ0n) is 11.6. The zero-order chi connectivity index (χ0) is 13.8. The third-order valence-electron chi connectivity index (χ3n) is 4.07. The van der Waals surface area contributed by atoms with Crippen molar-refractivity contribution in [1.29, 1.82) is 0 Å². The van der Waals surface area contributed by atoms with E-state index in [1.165, 1.54) is 6.42 Å². The summed E-state index contributed by atoms with van der Waals surface area (Å²) < 4.78 is 5.88. The van der Waals surface area contributed by atoms with Gasteiger partial charge >= 0.3 is 5.97 Å². The molecular formula is C16H22O3. The molecule has 0 heterocycles. The number of carbonyl (C=O) groups is 1. The zero-order valence-corrected chi connectivity index (χ0v) is 11.6. The van der Waals surface area contributed by atoms with Gasteiger partial charge in [0.25, 0.3) is 0 Å². The minimum absolute atomic E-state index is 0.0439. The molecule has 104 valence electrons. The van der Waals surface area contributed by atoms with Gasteiger partial charge in [0.05, 0.1) is 12.0 Å². The SMILES string of the molecule is CC[C@@H](c1cccc(OC2CCC2)c1)[C@H](C)C(=O)O. The molecule has 2 atom stereocenters. The lowest BCUT2D eigenvalue weighted by molar-refractivity contribution is -0.141. The molecule has 1 saturated carbocycles. The van der Waals surface area contributed by atoms with E-state index in [-0.39, 0.29) is 11.8 Å². The second-order valence-corrected chi connectivity index (χ2v) is 5.38. The van der Waals surface area contributed by atoms with E-state index in [9.17, 15) is 9.90 Å². The molecule has 0 aliphatic heterocycles. The predicted octanol–water partition coefficient (Wildman–Crippen LogP) is 3.83. The fourth-order valence-corrected chi connectivity index (χ4v) is 2.55. The molecule has 0 bridgehead atoms. The van der Waals surface area contributed by atoms with Crippen LogP contribution in [0.1, 0.15) is 51.0 Å². The van der Waals surface area contributed by atoms with Crippen LogP contribution in [-0.2, 0) is 4.79 Å². The number of rotatable bonds is 6. The van der Waals surface area contributed by atoms with Gasteiger partial charge in [-0.25, -0.2) is 0 Å². The predicted molar refractivity (Wildman–Crippen MR) is 74.5 cm³/mol. The fourth-order valence-electron chi connectivity index (χ4n) is 2.55. The van der Waals surface area contributed by atoms with Crippen molar-refractivity contribution in [3.63, 3.8) is 0 Å². The van der Waals surface area contributed by atoms with E-state index < -0.39 is 5.97 Å². The Balaban J connectivity index is 2.13. The molecule has 1 aliphatic rings. The monoisotopic (exact) mass is 262 g/mol. The Labute approximate surface area is 114 Å². The molecule has 1 aromatic rings. The Kier molecular flexibility index (Phi) is 4.46. The van der Waals surface area contributed by atoms with Crippen molar-refractivity contribution in [2.75, 3.05) is 0 Å². The van der Waals surface area contributed by atoms with Crippen molar-refractivity contribution in [3.05, 3.63) is 29.8 Å². The van der Waals surface area contributed by atoms with Gasteiger partial charge in [-0.15, -0.1) is 0 Å². The molecule has 1 aromatic carbocycles. The van der Waals surface area contributed by atoms with Crippen molar-refractivity contribution >= 4 is 5.97 Å². The van der Waals surface area contributed by atoms with Gasteiger partial charge < -0.3 is 9.84 Å². The summed E-state index contributed by atoms with van der Waals surface area (Å²) in [5.74, 6) is -0.193. The maximum atomic E-state index is 11.2. The molecule has 0 saturated heterocycles. The van der Waals surface area contributed by atoms with Gasteiger partial charge in [-0.05, 0) is 49.3 Å². The van der Waals surface area contributed by atoms with Crippen LogP contribution < -0.4 is 4.74 Å². The number of hydrogen-bond acceptors (Lipinski definition) is 2. The van der Waals surface area contributed by atoms with E-state index in [1.54, 1.807) is 6.92 Å². The lowest BCUT2D eigenvalue weighted by Crippen LogP contribution is -2.24. The summed E-state index contributed by atoms with van der Waals surface area (Å²) in [5, 5.41) is 9.18. The summed E-state index contributed by atoms with van der Waals surface area (Å²) >= 11 is 0. The Morgan fingerprint density at radius 3 is 2.74 bits per heavy atom. The first kappa shape index (κ1) is 13.9. The second kappa shape index (κ2) is 6.09. The first-order valence-corrected chi connectivity index (χ1v) is 7.11. The Bertz CT molecular complexity index is 437. The smallest absolute Gasteiger partial charge is 0.306 e. The molecule has 0 spiro atoms. The van der Waals surface area contributed by atoms with E-state index in [0.29, 0.717) is 6.10 Å². The summed E-state index contributed by atoms with van der Waals surface area (Å²) in [6.45, 7) is 3.81. The van der Waals surface area contributed by atoms with Gasteiger partial charge in [-0.1, -0.05) is 26.0 Å². The standard InChI is InChI=1S/C16H22O3/c1-3-15(11(2)16(17)18)12-6-4-9-14(10-12)19-13-7-5-8-13/h4,6,9-11,13,15H,3,5,7-8H2,1-2H3,(H,17,18)/t11-,15+/m0/s1. The summed E-state index contributed by atoms with van der Waals surface area (Å²) in [6.07, 6.45) is 4.69. The highest BCUT2D eigenvalue weighted by molar-refractivity contribution is 5.71. The van der Waals surface area contributed by atoms with Gasteiger partial charge in [-0.2, -0.15) is 0 Å². The van der Waals surface area contributed by atoms with E-state index >= 15 is 0 Å². The number of benzene rings is 1. The van der Waals surface area contributed by atoms with Crippen LogP contribution >= 0.6 is 0 Å². The molecule has 2 rings (SSSR count). The molecule has 0 aromatic heterocycles. The average molecular weight is 262 g/mol. The molecule has 3 nitrogen and oxygen atoms in total. The Morgan fingerprint density at radius 2 is 2.21 bits per heavy atom. The van der Waals surface area contributed by atoms with Crippen LogP contribution in [0.2, 0.25) is 0 Å². The van der Waals surface area contributed by atoms with Crippen LogP contribution in [0.15, 0.2) is 24.3 Å². The number of carboxylic acids is 1. The van der Waals surface area contributed by atoms with Crippen molar-refractivity contribution in [3.8, 4) is 5.75 Å². The van der Waals surface area contributed by atoms with E-state index in [2.05, 4.69) is 0 Å². The lowest BCUT2D eigenvalue weighted by Gasteiger charge is -2.27. The van der Waals surface area contributed by atoms with Crippen LogP contribution in [0.4, 0.5) is 0 Å². The molecule has 1 N–H and O–H groups in total. The topological polar surface area (TPSA) is 46.5 Å². The van der Waals surface area contributed by atoms with Crippen LogP contribution in [0.5, 0.6) is 5.75 Å². The van der Waals surface area contributed by atoms with Gasteiger partial charge in [-0.3, -0.25) is 4.79 Å². The fraction of sp³-hybridized carbons (Fsp3) is 0.562. The van der Waals surface area contributed by atoms with E-state index in [0.717, 1.165) is 30.6 Å². The third kappa shape index (κ3) is 3.28. The van der Waals surface area contributed by atoms with Gasteiger partial charge in [0.1, 0.15) is 5.75 Å². The minimum Gasteiger partial charge on any atom is -0.490 e. The van der Waals surface area contributed by atoms with Crippen LogP contribution in [0.25, 0.3) is 0 Å². The molecule has 1 aliphatic carbocycles. The number of ether oxygens (including phenoxy) is 1. The second-order valence-electron chi connectivity index (χ2n) is 5.38. The number of aliphatic carboxylic acids is 1. The van der Waals surface area contributed by atoms with Gasteiger partial charge in [0.2, 0.25) is 0 Å². The first-order valence-electron chi connectivity index (χ1n) is 7.11. The molecule has 19 heavy (non-hydrogen) atoms. The molecule has 1 fully saturated rings. The van der Waals surface area contributed by atoms with Crippen molar-refractivity contribution in [2.45, 2.75) is 51.6 Å². The van der Waals surface area contributed by atoms with Crippen LogP contribution in [-0.4, -0.2) is 17.2 Å². The molecule has 0 radical (unpaired) electrons. The average Bonchev–Trinajstić information content (AvgIpc) is 2.35. The first-order chi connectivity index (χ1) is 9.11. The summed E-state index contributed by atoms with van der Waals surface area (Å²) in [7, 11) is 0. The van der Waals surface area contributed by atoms with E-state index in [1.807, 2.05) is 31.2 Å². The molecular weight excluding hydrogens is 240 g/mol. The highest BCUT2D eigenvalue weighted by atomic mass is 16.5. The van der Waals surface area contributed by atoms with Gasteiger partial charge in [0, 0.05) is 0 Å². The summed E-state index contributed by atoms with van der Waals surface area (Å²) in [4.78, 5) is 11.2. The Morgan fingerprint density at radius 1 is 1.47 bits per heavy atom. The van der Waals surface area contributed by atoms with Crippen molar-refractivity contribution in [2.24, 2.45) is 5.92 Å². The van der Waals surface area contributed by atoms with Gasteiger partial charge in [0.15, 0.2) is 0 Å². The quantitative estimate of drug-likeness (QED) is 0.847. The molecule has 0 amide bonds. The van der Waals surface area contributed by atoms with E-state index in [4.69, 9.17) is 4.74 Å². The molecule has 3 heteroatoms. The summed E-state index contributed by atoms with van der Waals surface area (Å²) in [6, 6.07) is 7.92. The highest BCUT2D eigenvalue weighted by Crippen LogP contribution is 2.32. The summed E-state index contributed by atoms with van der Waals surface area (Å²) in [5.41, 5.74) is 1.06. The highest BCUT2D eigenvalue weighted by Gasteiger charge is 2.24. The normalized spacial score (nSPS) is 18.4. The van der Waals surface area contributed by atoms with Crippen LogP contribution in [0, 0.1) is 5.92 Å². The minimum atomic E-state index is -0.739. The lowest BCUT2D eigenvalue weighted by atomic mass is 9.85. The number of carboxylic acid groups (broad SMARTS) is 1. The third-order valence-corrected chi connectivity index (χ3v) is 4.07. The van der Waals surface area contributed by atoms with Crippen molar-refractivity contribution in [1.82, 2.24) is 0 Å². The number of hydrogen-bond donors (Lipinski definition) is 1. The molecule has 0 unspecified atom stereocenters. The van der Waals surface area contributed by atoms with Crippen molar-refractivity contribution < 1.29 is 14.6 Å². The van der Waals surface area contributed by atoms with Crippen LogP contribution in [0.3, 0.4) is 0 Å².